The molecule has 4 unspecified atom stereocenters. The monoisotopic (exact) mass is 452 g/mol. The lowest BCUT2D eigenvalue weighted by atomic mass is 10.1. The van der Waals surface area contributed by atoms with Crippen LogP contribution in [0.3, 0.4) is 0 Å². The molecule has 0 aliphatic carbocycles. The molecular weight excluding hydrogens is 416 g/mol. The number of amides is 4. The third-order valence-electron chi connectivity index (χ3n) is 6.08. The summed E-state index contributed by atoms with van der Waals surface area (Å²) in [6.07, 6.45) is 2.43. The van der Waals surface area contributed by atoms with Gasteiger partial charge in [0.2, 0.25) is 24.1 Å². The number of rotatable bonds is 9. The second-order valence-corrected chi connectivity index (χ2v) is 8.99. The first-order valence-corrected chi connectivity index (χ1v) is 11.3. The van der Waals surface area contributed by atoms with Crippen LogP contribution in [-0.2, 0) is 28.7 Å². The van der Waals surface area contributed by atoms with E-state index in [2.05, 4.69) is 5.32 Å². The van der Waals surface area contributed by atoms with Gasteiger partial charge in [-0.15, -0.1) is 0 Å². The molecule has 10 nitrogen and oxygen atoms in total. The summed E-state index contributed by atoms with van der Waals surface area (Å²) in [5, 5.41) is 2.79. The molecule has 2 saturated heterocycles. The van der Waals surface area contributed by atoms with Crippen LogP contribution in [0, 0.1) is 0 Å². The average Bonchev–Trinajstić information content (AvgIpc) is 3.40. The predicted octanol–water partition coefficient (Wildman–Crippen LogP) is 0.292. The highest BCUT2D eigenvalue weighted by Crippen LogP contribution is 2.22. The Kier molecular flexibility index (Phi) is 9.03. The number of likely N-dealkylation sites (tertiary alicyclic amines) is 2. The van der Waals surface area contributed by atoms with Gasteiger partial charge >= 0.3 is 5.97 Å². The molecule has 2 aliphatic rings. The van der Waals surface area contributed by atoms with Crippen LogP contribution in [-0.4, -0.2) is 95.2 Å². The maximum absolute atomic E-state index is 13.0. The SMILES string of the molecule is CC(C)NC(=O)C(C)N(C)C(=O)C1CCCN1C(=O)CC(C)OC(=O)C1CCCN1C=O. The number of hydrogen-bond donors (Lipinski definition) is 1. The topological polar surface area (TPSA) is 116 Å². The number of likely N-dealkylation sites (N-methyl/N-ethyl adjacent to an activating group) is 1. The van der Waals surface area contributed by atoms with Gasteiger partial charge in [-0.25, -0.2) is 4.79 Å². The zero-order valence-electron chi connectivity index (χ0n) is 19.7. The quantitative estimate of drug-likeness (QED) is 0.397. The van der Waals surface area contributed by atoms with Gasteiger partial charge in [0.15, 0.2) is 0 Å². The number of esters is 1. The van der Waals surface area contributed by atoms with Crippen molar-refractivity contribution in [1.29, 1.82) is 0 Å². The molecule has 0 bridgehead atoms. The van der Waals surface area contributed by atoms with E-state index in [0.717, 1.165) is 6.42 Å². The van der Waals surface area contributed by atoms with Gasteiger partial charge in [-0.1, -0.05) is 0 Å². The lowest BCUT2D eigenvalue weighted by molar-refractivity contribution is -0.157. The van der Waals surface area contributed by atoms with Gasteiger partial charge in [0.05, 0.1) is 6.42 Å². The molecule has 0 aromatic heterocycles. The van der Waals surface area contributed by atoms with E-state index in [1.54, 1.807) is 20.9 Å². The molecule has 0 radical (unpaired) electrons. The van der Waals surface area contributed by atoms with Gasteiger partial charge in [0.25, 0.3) is 0 Å². The van der Waals surface area contributed by atoms with Crippen molar-refractivity contribution < 1.29 is 28.7 Å². The van der Waals surface area contributed by atoms with Crippen LogP contribution in [0.1, 0.15) is 59.8 Å². The zero-order chi connectivity index (χ0) is 24.0. The average molecular weight is 453 g/mol. The Morgan fingerprint density at radius 2 is 1.69 bits per heavy atom. The fraction of sp³-hybridized carbons (Fsp3) is 0.773. The molecule has 2 rings (SSSR count). The Balaban J connectivity index is 1.93. The van der Waals surface area contributed by atoms with Crippen molar-refractivity contribution in [1.82, 2.24) is 20.0 Å². The van der Waals surface area contributed by atoms with E-state index < -0.39 is 30.2 Å². The molecule has 2 aliphatic heterocycles. The fourth-order valence-electron chi connectivity index (χ4n) is 4.18. The second-order valence-electron chi connectivity index (χ2n) is 8.99. The molecule has 0 saturated carbocycles. The van der Waals surface area contributed by atoms with Crippen LogP contribution in [0.2, 0.25) is 0 Å². The van der Waals surface area contributed by atoms with Crippen molar-refractivity contribution in [3.8, 4) is 0 Å². The largest absolute Gasteiger partial charge is 0.461 e. The molecule has 180 valence electrons. The zero-order valence-corrected chi connectivity index (χ0v) is 19.7. The minimum absolute atomic E-state index is 0.0370. The van der Waals surface area contributed by atoms with Gasteiger partial charge in [-0.05, 0) is 53.4 Å². The van der Waals surface area contributed by atoms with E-state index in [1.165, 1.54) is 14.7 Å². The van der Waals surface area contributed by atoms with Crippen molar-refractivity contribution in [2.24, 2.45) is 0 Å². The summed E-state index contributed by atoms with van der Waals surface area (Å²) in [4.78, 5) is 65.9. The molecule has 2 fully saturated rings. The first-order chi connectivity index (χ1) is 15.1. The Labute approximate surface area is 189 Å². The number of nitrogens with one attached hydrogen (secondary N) is 1. The lowest BCUT2D eigenvalue weighted by Crippen LogP contribution is -2.53. The standard InChI is InChI=1S/C22H36N4O6/c1-14(2)23-20(29)16(4)24(5)21(30)17-8-7-11-26(17)19(28)12-15(3)32-22(31)18-9-6-10-25(18)13-27/h13-18H,6-12H2,1-5H3,(H,23,29). The summed E-state index contributed by atoms with van der Waals surface area (Å²) in [7, 11) is 1.57. The van der Waals surface area contributed by atoms with E-state index in [4.69, 9.17) is 4.74 Å². The Morgan fingerprint density at radius 1 is 1.06 bits per heavy atom. The smallest absolute Gasteiger partial charge is 0.329 e. The van der Waals surface area contributed by atoms with Gasteiger partial charge in [-0.3, -0.25) is 19.2 Å². The second kappa shape index (κ2) is 11.3. The predicted molar refractivity (Wildman–Crippen MR) is 116 cm³/mol. The summed E-state index contributed by atoms with van der Waals surface area (Å²) in [6.45, 7) is 7.95. The van der Waals surface area contributed by atoms with E-state index >= 15 is 0 Å². The van der Waals surface area contributed by atoms with Crippen LogP contribution >= 0.6 is 0 Å². The minimum Gasteiger partial charge on any atom is -0.461 e. The van der Waals surface area contributed by atoms with Gasteiger partial charge < -0.3 is 24.8 Å². The molecule has 10 heteroatoms. The van der Waals surface area contributed by atoms with Crippen LogP contribution in [0.4, 0.5) is 0 Å². The molecule has 0 aromatic carbocycles. The number of ether oxygens (including phenoxy) is 1. The molecule has 2 heterocycles. The summed E-state index contributed by atoms with van der Waals surface area (Å²) in [5.41, 5.74) is 0. The van der Waals surface area contributed by atoms with Crippen LogP contribution in [0.25, 0.3) is 0 Å². The number of carbonyl (C=O) groups is 5. The van der Waals surface area contributed by atoms with Gasteiger partial charge in [0, 0.05) is 26.2 Å². The maximum atomic E-state index is 13.0. The van der Waals surface area contributed by atoms with Crippen molar-refractivity contribution in [2.45, 2.75) is 90.1 Å². The summed E-state index contributed by atoms with van der Waals surface area (Å²) < 4.78 is 5.41. The van der Waals surface area contributed by atoms with E-state index in [1.807, 2.05) is 13.8 Å². The van der Waals surface area contributed by atoms with Crippen LogP contribution in [0.15, 0.2) is 0 Å². The molecule has 4 atom stereocenters. The van der Waals surface area contributed by atoms with Crippen molar-refractivity contribution in [2.75, 3.05) is 20.1 Å². The van der Waals surface area contributed by atoms with Gasteiger partial charge in [-0.2, -0.15) is 0 Å². The lowest BCUT2D eigenvalue weighted by Gasteiger charge is -2.31. The molecule has 0 aromatic rings. The van der Waals surface area contributed by atoms with E-state index in [9.17, 15) is 24.0 Å². The highest BCUT2D eigenvalue weighted by molar-refractivity contribution is 5.92. The highest BCUT2D eigenvalue weighted by atomic mass is 16.5. The van der Waals surface area contributed by atoms with E-state index in [0.29, 0.717) is 38.8 Å². The Hall–Kier alpha value is -2.65. The third-order valence-corrected chi connectivity index (χ3v) is 6.08. The maximum Gasteiger partial charge on any atom is 0.329 e. The van der Waals surface area contributed by atoms with Crippen LogP contribution in [0.5, 0.6) is 0 Å². The summed E-state index contributed by atoms with van der Waals surface area (Å²) >= 11 is 0. The van der Waals surface area contributed by atoms with Gasteiger partial charge in [0.1, 0.15) is 24.2 Å². The minimum atomic E-state index is -0.672. The van der Waals surface area contributed by atoms with Crippen molar-refractivity contribution in [3.63, 3.8) is 0 Å². The first-order valence-electron chi connectivity index (χ1n) is 11.3. The number of carbonyl (C=O) groups excluding carboxylic acids is 5. The van der Waals surface area contributed by atoms with Crippen LogP contribution < -0.4 is 5.32 Å². The summed E-state index contributed by atoms with van der Waals surface area (Å²) in [6, 6.07) is -1.93. The Bertz CT molecular complexity index is 727. The molecule has 32 heavy (non-hydrogen) atoms. The molecule has 1 N–H and O–H groups in total. The summed E-state index contributed by atoms with van der Waals surface area (Å²) in [5.74, 6) is -1.30. The first kappa shape index (κ1) is 25.6. The van der Waals surface area contributed by atoms with Crippen molar-refractivity contribution in [3.05, 3.63) is 0 Å². The van der Waals surface area contributed by atoms with E-state index in [-0.39, 0.29) is 30.2 Å². The normalized spacial score (nSPS) is 22.4. The number of nitrogens with zero attached hydrogens (tertiary/aromatic N) is 3. The molecular formula is C22H36N4O6. The highest BCUT2D eigenvalue weighted by Gasteiger charge is 2.38. The third kappa shape index (κ3) is 6.20. The molecule has 4 amide bonds. The Morgan fingerprint density at radius 3 is 2.31 bits per heavy atom. The van der Waals surface area contributed by atoms with Crippen molar-refractivity contribution >= 4 is 30.1 Å². The fourth-order valence-corrected chi connectivity index (χ4v) is 4.18. The number of hydrogen-bond acceptors (Lipinski definition) is 6. The molecule has 0 spiro atoms.